The molecule has 5 aromatic rings. The smallest absolute Gasteiger partial charge is 0.246 e. The van der Waals surface area contributed by atoms with E-state index in [0.717, 1.165) is 133 Å². The molecule has 90 heavy (non-hydrogen) atoms. The minimum Gasteiger partial charge on any atom is -0.457 e. The van der Waals surface area contributed by atoms with Crippen LogP contribution in [0, 0.1) is 5.92 Å². The van der Waals surface area contributed by atoms with E-state index in [2.05, 4.69) is 53.2 Å². The summed E-state index contributed by atoms with van der Waals surface area (Å²) >= 11 is 0. The number of benzene rings is 3. The molecule has 0 radical (unpaired) electrons. The number of likely N-dealkylation sites (N-methyl/N-ethyl adjacent to an activating group) is 1. The van der Waals surface area contributed by atoms with E-state index in [1.54, 1.807) is 18.9 Å². The minimum absolute atomic E-state index is 0.0423. The SMILES string of the molecule is CN[C@@H](C)C(=O)N[C@H](C(=O)N1C[C@@H](NC(=O)COCCOCCOCCOCCN2CCN(CCCC(=O)N3CCC[C@@H](n4nc(-c5ccc(Oc6ccccc6)cc5)c5c(N)ncnc54)C3)CC2)C[C@H]1C(=O)N[C@@H]1CCCc2ccccc21)C1CCCCC1. The molecule has 486 valence electrons. The van der Waals surface area contributed by atoms with Crippen LogP contribution in [-0.2, 0) is 49.3 Å². The third kappa shape index (κ3) is 17.9. The number of nitrogens with one attached hydrogen (secondary N) is 4. The summed E-state index contributed by atoms with van der Waals surface area (Å²) in [5.41, 5.74) is 11.0. The largest absolute Gasteiger partial charge is 0.457 e. The van der Waals surface area contributed by atoms with Gasteiger partial charge in [0.1, 0.15) is 48.0 Å². The van der Waals surface area contributed by atoms with Crippen molar-refractivity contribution in [1.29, 1.82) is 0 Å². The maximum atomic E-state index is 14.7. The standard InChI is InChI=1S/C67H93N13O10/c1-47(69-2)65(83)74-62(49-15-5-3-6-16-49)67(85)79-43-51(42-57(79)66(84)73-56-22-11-17-48-14-9-10-21-55(48)56)72-58(81)45-89-41-40-88-39-38-87-37-36-86-35-34-77-32-30-76(31-33-77)28-13-23-59(82)78-29-12-18-52(44-78)80-64-60(63(68)70-46-71-64)61(75-80)50-24-26-54(27-25-50)90-53-19-7-4-8-20-53/h4,7-10,14,19-21,24-27,46-47,49,51-52,56-57,62,69H,3,5-6,11-13,15-18,22-23,28-45H2,1-2H3,(H,72,81)(H,73,84)(H,74,83)(H2,68,70,71)/t47-,51-,52+,56+,57-,62-/m0/s1. The Bertz CT molecular complexity index is 3120. The Morgan fingerprint density at radius 2 is 1.39 bits per heavy atom. The Morgan fingerprint density at radius 1 is 0.700 bits per heavy atom. The monoisotopic (exact) mass is 1240 g/mol. The highest BCUT2D eigenvalue weighted by Crippen LogP contribution is 2.36. The fraction of sp³-hybridized carbons (Fsp3) is 0.582. The predicted molar refractivity (Wildman–Crippen MR) is 341 cm³/mol. The highest BCUT2D eigenvalue weighted by molar-refractivity contribution is 5.98. The van der Waals surface area contributed by atoms with Gasteiger partial charge in [0.2, 0.25) is 29.5 Å². The van der Waals surface area contributed by atoms with Crippen molar-refractivity contribution in [3.63, 3.8) is 0 Å². The zero-order chi connectivity index (χ0) is 62.6. The Hall–Kier alpha value is -7.12. The summed E-state index contributed by atoms with van der Waals surface area (Å²) in [5.74, 6) is 0.800. The number of piperazine rings is 1. The van der Waals surface area contributed by atoms with Crippen LogP contribution in [0.15, 0.2) is 85.2 Å². The number of nitrogens with two attached hydrogens (primary N) is 1. The van der Waals surface area contributed by atoms with Crippen molar-refractivity contribution >= 4 is 46.4 Å². The molecule has 3 aromatic carbocycles. The number of piperidine rings is 1. The number of likely N-dealkylation sites (tertiary alicyclic amines) is 2. The average molecular weight is 1240 g/mol. The molecular weight excluding hydrogens is 1150 g/mol. The number of rotatable bonds is 30. The van der Waals surface area contributed by atoms with Crippen molar-refractivity contribution < 1.29 is 47.7 Å². The fourth-order valence-electron chi connectivity index (χ4n) is 13.3. The number of aromatic nitrogens is 4. The van der Waals surface area contributed by atoms with Gasteiger partial charge in [0, 0.05) is 70.4 Å². The van der Waals surface area contributed by atoms with Gasteiger partial charge >= 0.3 is 0 Å². The second-order valence-electron chi connectivity index (χ2n) is 24.6. The number of ether oxygens (including phenoxy) is 5. The lowest BCUT2D eigenvalue weighted by molar-refractivity contribution is -0.143. The van der Waals surface area contributed by atoms with Crippen LogP contribution in [0.4, 0.5) is 5.82 Å². The van der Waals surface area contributed by atoms with Crippen LogP contribution in [0.25, 0.3) is 22.3 Å². The lowest BCUT2D eigenvalue weighted by Gasteiger charge is -2.35. The van der Waals surface area contributed by atoms with Gasteiger partial charge in [-0.1, -0.05) is 61.7 Å². The summed E-state index contributed by atoms with van der Waals surface area (Å²) in [6.45, 7) is 11.3. The van der Waals surface area contributed by atoms with Gasteiger partial charge in [0.25, 0.3) is 0 Å². The van der Waals surface area contributed by atoms with Crippen molar-refractivity contribution in [3.8, 4) is 22.8 Å². The number of hydrogen-bond donors (Lipinski definition) is 5. The fourth-order valence-corrected chi connectivity index (χ4v) is 13.3. The van der Waals surface area contributed by atoms with Gasteiger partial charge in [0.05, 0.1) is 69.8 Å². The quantitative estimate of drug-likeness (QED) is 0.0358. The van der Waals surface area contributed by atoms with Gasteiger partial charge < -0.3 is 65.4 Å². The second kappa shape index (κ2) is 33.3. The summed E-state index contributed by atoms with van der Waals surface area (Å²) in [4.78, 5) is 86.5. The van der Waals surface area contributed by atoms with E-state index >= 15 is 0 Å². The van der Waals surface area contributed by atoms with Gasteiger partial charge in [-0.2, -0.15) is 5.10 Å². The van der Waals surface area contributed by atoms with Crippen LogP contribution in [0.1, 0.15) is 107 Å². The van der Waals surface area contributed by atoms with E-state index in [9.17, 15) is 24.0 Å². The number of nitrogen functional groups attached to an aromatic ring is 1. The molecule has 3 saturated heterocycles. The number of hydrogen-bond acceptors (Lipinski definition) is 17. The molecule has 5 aliphatic rings. The molecule has 5 heterocycles. The van der Waals surface area contributed by atoms with Crippen LogP contribution in [-0.4, -0.2) is 212 Å². The van der Waals surface area contributed by atoms with E-state index < -0.39 is 24.2 Å². The minimum atomic E-state index is -0.825. The van der Waals surface area contributed by atoms with E-state index in [4.69, 9.17) is 34.5 Å². The molecule has 3 aliphatic heterocycles. The van der Waals surface area contributed by atoms with Crippen LogP contribution in [0.5, 0.6) is 11.5 Å². The van der Waals surface area contributed by atoms with Crippen LogP contribution < -0.4 is 31.7 Å². The third-order valence-corrected chi connectivity index (χ3v) is 18.4. The Balaban J connectivity index is 0.567. The lowest BCUT2D eigenvalue weighted by atomic mass is 9.83. The van der Waals surface area contributed by atoms with Crippen LogP contribution in [0.3, 0.4) is 0 Å². The van der Waals surface area contributed by atoms with Gasteiger partial charge in [-0.05, 0) is 132 Å². The number of anilines is 1. The molecule has 6 atom stereocenters. The molecule has 6 N–H and O–H groups in total. The first-order valence-corrected chi connectivity index (χ1v) is 32.8. The molecule has 2 aliphatic carbocycles. The first kappa shape index (κ1) is 65.8. The first-order chi connectivity index (χ1) is 44.0. The molecule has 0 unspecified atom stereocenters. The Morgan fingerprint density at radius 3 is 2.13 bits per heavy atom. The van der Waals surface area contributed by atoms with Gasteiger partial charge in [0.15, 0.2) is 5.65 Å². The highest BCUT2D eigenvalue weighted by atomic mass is 16.6. The van der Waals surface area contributed by atoms with Gasteiger partial charge in [-0.15, -0.1) is 0 Å². The number of amides is 5. The third-order valence-electron chi connectivity index (χ3n) is 18.4. The van der Waals surface area contributed by atoms with Gasteiger partial charge in [-0.3, -0.25) is 28.9 Å². The van der Waals surface area contributed by atoms with E-state index in [-0.39, 0.29) is 80.3 Å². The molecule has 0 bridgehead atoms. The van der Waals surface area contributed by atoms with Crippen LogP contribution in [0.2, 0.25) is 0 Å². The summed E-state index contributed by atoms with van der Waals surface area (Å²) in [6, 6.07) is 22.8. The Labute approximate surface area is 528 Å². The van der Waals surface area contributed by atoms with Crippen molar-refractivity contribution in [2.45, 2.75) is 127 Å². The van der Waals surface area contributed by atoms with Gasteiger partial charge in [-0.25, -0.2) is 14.6 Å². The number of para-hydroxylation sites is 1. The second-order valence-corrected chi connectivity index (χ2v) is 24.6. The maximum absolute atomic E-state index is 14.7. The van der Waals surface area contributed by atoms with Crippen molar-refractivity contribution in [1.82, 2.24) is 60.6 Å². The van der Waals surface area contributed by atoms with Crippen LogP contribution >= 0.6 is 0 Å². The van der Waals surface area contributed by atoms with Crippen molar-refractivity contribution in [2.24, 2.45) is 5.92 Å². The number of carbonyl (C=O) groups is 5. The number of carbonyl (C=O) groups excluding carboxylic acids is 5. The highest BCUT2D eigenvalue weighted by Gasteiger charge is 2.45. The molecule has 5 amide bonds. The summed E-state index contributed by atoms with van der Waals surface area (Å²) < 4.78 is 30.9. The first-order valence-electron chi connectivity index (χ1n) is 32.8. The van der Waals surface area contributed by atoms with Crippen molar-refractivity contribution in [2.75, 3.05) is 125 Å². The molecule has 4 fully saturated rings. The zero-order valence-electron chi connectivity index (χ0n) is 52.6. The summed E-state index contributed by atoms with van der Waals surface area (Å²) in [6.07, 6.45) is 12.1. The molecule has 23 nitrogen and oxygen atoms in total. The maximum Gasteiger partial charge on any atom is 0.246 e. The summed E-state index contributed by atoms with van der Waals surface area (Å²) in [5, 5.41) is 18.1. The Kier molecular flexibility index (Phi) is 24.3. The van der Waals surface area contributed by atoms with Crippen molar-refractivity contribution in [3.05, 3.63) is 96.3 Å². The molecule has 1 saturated carbocycles. The average Bonchev–Trinajstić information content (AvgIpc) is 1.64. The summed E-state index contributed by atoms with van der Waals surface area (Å²) in [7, 11) is 1.71. The van der Waals surface area contributed by atoms with E-state index in [1.165, 1.54) is 11.9 Å². The number of aryl methyl sites for hydroxylation is 1. The predicted octanol–water partition coefficient (Wildman–Crippen LogP) is 5.45. The number of fused-ring (bicyclic) bond motifs is 2. The topological polar surface area (TPSA) is 262 Å². The van der Waals surface area contributed by atoms with E-state index in [1.807, 2.05) is 76.3 Å². The number of nitrogens with zero attached hydrogens (tertiary/aromatic N) is 8. The molecule has 10 rings (SSSR count). The lowest BCUT2D eigenvalue weighted by Crippen LogP contribution is -2.58. The normalized spacial score (nSPS) is 20.7. The van der Waals surface area contributed by atoms with E-state index in [0.29, 0.717) is 74.3 Å². The molecule has 2 aromatic heterocycles. The molecule has 0 spiro atoms. The molecule has 23 heteroatoms. The zero-order valence-corrected chi connectivity index (χ0v) is 52.6. The molecular formula is C67H93N13O10.